The number of aromatic nitrogens is 2. The second kappa shape index (κ2) is 5.72. The lowest BCUT2D eigenvalue weighted by molar-refractivity contribution is 0.102. The van der Waals surface area contributed by atoms with Gasteiger partial charge in [-0.1, -0.05) is 13.1 Å². The van der Waals surface area contributed by atoms with Crippen LogP contribution in [-0.4, -0.2) is 24.5 Å². The van der Waals surface area contributed by atoms with Gasteiger partial charge in [-0.2, -0.15) is 8.78 Å². The Labute approximate surface area is 119 Å². The van der Waals surface area contributed by atoms with Gasteiger partial charge in [0.25, 0.3) is 0 Å². The molecule has 2 aromatic rings. The number of ketones is 1. The highest BCUT2D eigenvalue weighted by atomic mass is 28.3. The van der Waals surface area contributed by atoms with E-state index in [0.717, 1.165) is 12.3 Å². The van der Waals surface area contributed by atoms with Crippen LogP contribution in [0.3, 0.4) is 0 Å². The second-order valence-corrected chi connectivity index (χ2v) is 6.93. The van der Waals surface area contributed by atoms with Crippen LogP contribution in [0.1, 0.15) is 16.1 Å². The monoisotopic (exact) mass is 313 g/mol. The topological polar surface area (TPSA) is 42.9 Å². The van der Waals surface area contributed by atoms with Crippen molar-refractivity contribution in [2.45, 2.75) is 13.1 Å². The molecule has 1 radical (unpaired) electrons. The van der Waals surface area contributed by atoms with Gasteiger partial charge in [-0.25, -0.2) is 18.7 Å². The van der Waals surface area contributed by atoms with Gasteiger partial charge < -0.3 is 0 Å². The van der Waals surface area contributed by atoms with Crippen molar-refractivity contribution in [2.75, 3.05) is 0 Å². The Morgan fingerprint density at radius 3 is 2.33 bits per heavy atom. The Kier molecular flexibility index (Phi) is 4.17. The summed E-state index contributed by atoms with van der Waals surface area (Å²) in [5.41, 5.74) is -1.50. The molecule has 2 aromatic heterocycles. The van der Waals surface area contributed by atoms with Gasteiger partial charge in [-0.05, 0) is 12.1 Å². The number of hydrogen-bond acceptors (Lipinski definition) is 3. The van der Waals surface area contributed by atoms with E-state index in [9.17, 15) is 22.4 Å². The van der Waals surface area contributed by atoms with Crippen LogP contribution in [0.5, 0.6) is 0 Å². The first-order valence-corrected chi connectivity index (χ1v) is 8.34. The summed E-state index contributed by atoms with van der Waals surface area (Å²) in [6, 6.07) is 2.33. The first kappa shape index (κ1) is 15.3. The van der Waals surface area contributed by atoms with Crippen molar-refractivity contribution in [1.29, 1.82) is 0 Å². The summed E-state index contributed by atoms with van der Waals surface area (Å²) in [6.45, 7) is 3.06. The Balaban J connectivity index is 2.65. The molecule has 0 aliphatic rings. The number of rotatable bonds is 3. The van der Waals surface area contributed by atoms with Crippen LogP contribution in [0.15, 0.2) is 18.3 Å². The number of pyridine rings is 2. The molecule has 0 unspecified atom stereocenters. The lowest BCUT2D eigenvalue weighted by Crippen LogP contribution is -2.34. The Morgan fingerprint density at radius 2 is 1.76 bits per heavy atom. The van der Waals surface area contributed by atoms with E-state index < -0.39 is 54.6 Å². The minimum absolute atomic E-state index is 0.500. The number of hydrogen-bond donors (Lipinski definition) is 0. The van der Waals surface area contributed by atoms with Crippen molar-refractivity contribution in [3.05, 3.63) is 53.1 Å². The third kappa shape index (κ3) is 2.71. The normalized spacial score (nSPS) is 11.0. The van der Waals surface area contributed by atoms with E-state index in [0.29, 0.717) is 0 Å². The van der Waals surface area contributed by atoms with Gasteiger partial charge >= 0.3 is 0 Å². The van der Waals surface area contributed by atoms with Crippen molar-refractivity contribution in [2.24, 2.45) is 0 Å². The number of halogens is 4. The summed E-state index contributed by atoms with van der Waals surface area (Å²) < 4.78 is 54.7. The maximum Gasteiger partial charge on any atom is 0.249 e. The first-order valence-electron chi connectivity index (χ1n) is 5.84. The van der Waals surface area contributed by atoms with Gasteiger partial charge in [0.2, 0.25) is 17.7 Å². The van der Waals surface area contributed by atoms with Gasteiger partial charge in [0, 0.05) is 11.4 Å². The van der Waals surface area contributed by atoms with Crippen molar-refractivity contribution in [3.8, 4) is 0 Å². The molecule has 0 aliphatic carbocycles. The minimum Gasteiger partial charge on any atom is -0.287 e. The van der Waals surface area contributed by atoms with Gasteiger partial charge in [-0.15, -0.1) is 0 Å². The van der Waals surface area contributed by atoms with Crippen molar-refractivity contribution in [1.82, 2.24) is 9.97 Å². The fraction of sp³-hybridized carbons (Fsp3) is 0.154. The average molecular weight is 313 g/mol. The molecule has 0 aliphatic heterocycles. The molecule has 2 heterocycles. The molecule has 0 N–H and O–H groups in total. The highest BCUT2D eigenvalue weighted by molar-refractivity contribution is 6.71. The highest BCUT2D eigenvalue weighted by Gasteiger charge is 2.28. The molecule has 21 heavy (non-hydrogen) atoms. The molecule has 0 aromatic carbocycles. The van der Waals surface area contributed by atoms with E-state index in [2.05, 4.69) is 9.97 Å². The summed E-state index contributed by atoms with van der Waals surface area (Å²) >= 11 is 0. The van der Waals surface area contributed by atoms with Crippen molar-refractivity contribution < 1.29 is 22.4 Å². The largest absolute Gasteiger partial charge is 0.287 e. The fourth-order valence-corrected chi connectivity index (χ4v) is 2.89. The van der Waals surface area contributed by atoms with Gasteiger partial charge in [0.15, 0.2) is 17.3 Å². The van der Waals surface area contributed by atoms with Gasteiger partial charge in [0.05, 0.1) is 14.4 Å². The average Bonchev–Trinajstić information content (AvgIpc) is 2.42. The van der Waals surface area contributed by atoms with E-state index in [-0.39, 0.29) is 0 Å². The lowest BCUT2D eigenvalue weighted by atomic mass is 10.1. The molecule has 0 bridgehead atoms. The molecule has 109 valence electrons. The van der Waals surface area contributed by atoms with E-state index in [1.807, 2.05) is 0 Å². The predicted molar refractivity (Wildman–Crippen MR) is 68.9 cm³/mol. The molecule has 0 spiro atoms. The molecule has 0 atom stereocenters. The Bertz CT molecular complexity index is 722. The molecule has 0 saturated carbocycles. The Morgan fingerprint density at radius 1 is 1.10 bits per heavy atom. The Hall–Kier alpha value is -2.09. The summed E-state index contributed by atoms with van der Waals surface area (Å²) in [4.78, 5) is 18.3. The van der Waals surface area contributed by atoms with Crippen LogP contribution in [0.4, 0.5) is 17.6 Å². The van der Waals surface area contributed by atoms with E-state index in [1.165, 1.54) is 19.2 Å². The van der Waals surface area contributed by atoms with Gasteiger partial charge in [-0.3, -0.25) is 4.79 Å². The molecular weight excluding hydrogens is 304 g/mol. The zero-order chi connectivity index (χ0) is 15.7. The number of carbonyl (C=O) groups is 1. The van der Waals surface area contributed by atoms with E-state index in [1.54, 1.807) is 0 Å². The predicted octanol–water partition coefficient (Wildman–Crippen LogP) is 2.23. The third-order valence-electron chi connectivity index (χ3n) is 2.76. The van der Waals surface area contributed by atoms with Crippen molar-refractivity contribution >= 4 is 19.8 Å². The van der Waals surface area contributed by atoms with Crippen LogP contribution in [0, 0.1) is 23.5 Å². The van der Waals surface area contributed by atoms with E-state index in [4.69, 9.17) is 0 Å². The molecule has 0 saturated heterocycles. The molecule has 2 rings (SSSR count). The maximum absolute atomic E-state index is 14.2. The van der Waals surface area contributed by atoms with Crippen LogP contribution in [-0.2, 0) is 0 Å². The molecule has 8 heteroatoms. The highest BCUT2D eigenvalue weighted by Crippen LogP contribution is 2.15. The molecular formula is C13H9F4N2OSi. The number of carbonyl (C=O) groups excluding carboxylic acids is 1. The zero-order valence-corrected chi connectivity index (χ0v) is 12.0. The SMILES string of the molecule is C[Si](C)c1c(F)c(F)nc(C(=O)c2cccnc2F)c1F. The van der Waals surface area contributed by atoms with Crippen LogP contribution < -0.4 is 5.19 Å². The summed E-state index contributed by atoms with van der Waals surface area (Å²) in [5, 5.41) is -0.500. The molecule has 0 fully saturated rings. The van der Waals surface area contributed by atoms with Crippen molar-refractivity contribution in [3.63, 3.8) is 0 Å². The molecule has 3 nitrogen and oxygen atoms in total. The quantitative estimate of drug-likeness (QED) is 0.378. The fourth-order valence-electron chi connectivity index (χ4n) is 1.79. The standard InChI is InChI=1S/C13H9F4N2OSi/c1-21(2)11-7(14)9(19-13(17)8(11)15)10(20)6-4-3-5-18-12(6)16/h3-5H,1-2H3. The zero-order valence-electron chi connectivity index (χ0n) is 11.0. The smallest absolute Gasteiger partial charge is 0.249 e. The first-order chi connectivity index (χ1) is 9.84. The maximum atomic E-state index is 14.2. The summed E-state index contributed by atoms with van der Waals surface area (Å²) in [7, 11) is -1.73. The van der Waals surface area contributed by atoms with Gasteiger partial charge in [0.1, 0.15) is 0 Å². The lowest BCUT2D eigenvalue weighted by Gasteiger charge is -2.11. The van der Waals surface area contributed by atoms with E-state index >= 15 is 0 Å². The van der Waals surface area contributed by atoms with Crippen LogP contribution >= 0.6 is 0 Å². The summed E-state index contributed by atoms with van der Waals surface area (Å²) in [5.74, 6) is -6.55. The summed E-state index contributed by atoms with van der Waals surface area (Å²) in [6.07, 6.45) is 1.10. The van der Waals surface area contributed by atoms with Crippen LogP contribution in [0.2, 0.25) is 13.1 Å². The molecule has 0 amide bonds. The van der Waals surface area contributed by atoms with Crippen LogP contribution in [0.25, 0.3) is 0 Å². The third-order valence-corrected chi connectivity index (χ3v) is 4.20. The second-order valence-electron chi connectivity index (χ2n) is 4.43. The minimum atomic E-state index is -1.73. The number of nitrogens with zero attached hydrogens (tertiary/aromatic N) is 2.